The van der Waals surface area contributed by atoms with Crippen LogP contribution in [0.2, 0.25) is 0 Å². The molecule has 3 rings (SSSR count). The van der Waals surface area contributed by atoms with Crippen LogP contribution in [0.15, 0.2) is 24.3 Å². The maximum atomic E-state index is 12.6. The van der Waals surface area contributed by atoms with Crippen LogP contribution in [0.1, 0.15) is 32.6 Å². The molecule has 2 amide bonds. The molecule has 0 saturated carbocycles. The number of halogens is 1. The Balaban J connectivity index is 0.00000243. The zero-order valence-electron chi connectivity index (χ0n) is 15.5. The van der Waals surface area contributed by atoms with Gasteiger partial charge in [-0.2, -0.15) is 0 Å². The number of anilines is 2. The molecule has 0 bridgehead atoms. The van der Waals surface area contributed by atoms with Crippen molar-refractivity contribution in [3.05, 3.63) is 24.3 Å². The molecule has 2 saturated heterocycles. The SMILES string of the molecule is CNC1CCCN(C(C)C(=O)Nc2cccc(N3CCCC3=O)c2)C1.Cl. The Morgan fingerprint density at radius 3 is 2.77 bits per heavy atom. The van der Waals surface area contributed by atoms with Gasteiger partial charge in [0.05, 0.1) is 6.04 Å². The van der Waals surface area contributed by atoms with Gasteiger partial charge in [0, 0.05) is 36.9 Å². The number of carbonyl (C=O) groups excluding carboxylic acids is 2. The Hall–Kier alpha value is -1.63. The summed E-state index contributed by atoms with van der Waals surface area (Å²) in [6, 6.07) is 7.85. The lowest BCUT2D eigenvalue weighted by atomic mass is 10.0. The van der Waals surface area contributed by atoms with Gasteiger partial charge in [-0.25, -0.2) is 0 Å². The van der Waals surface area contributed by atoms with Crippen LogP contribution in [0.25, 0.3) is 0 Å². The number of carbonyl (C=O) groups is 2. The Morgan fingerprint density at radius 1 is 1.27 bits per heavy atom. The number of nitrogens with one attached hydrogen (secondary N) is 2. The van der Waals surface area contributed by atoms with E-state index in [9.17, 15) is 9.59 Å². The molecular formula is C19H29ClN4O2. The van der Waals surface area contributed by atoms with Gasteiger partial charge in [0.15, 0.2) is 0 Å². The van der Waals surface area contributed by atoms with E-state index in [1.807, 2.05) is 38.2 Å². The molecule has 144 valence electrons. The third-order valence-corrected chi connectivity index (χ3v) is 5.29. The Labute approximate surface area is 161 Å². The summed E-state index contributed by atoms with van der Waals surface area (Å²) in [6.45, 7) is 4.57. The van der Waals surface area contributed by atoms with E-state index in [0.29, 0.717) is 12.5 Å². The standard InChI is InChI=1S/C19H28N4O2.ClH/c1-14(22-10-4-7-16(13-22)20-2)19(25)21-15-6-3-8-17(12-15)23-11-5-9-18(23)24;/h3,6,8,12,14,16,20H,4-5,7,9-11,13H2,1-2H3,(H,21,25);1H. The lowest BCUT2D eigenvalue weighted by molar-refractivity contribution is -0.121. The second-order valence-electron chi connectivity index (χ2n) is 6.99. The lowest BCUT2D eigenvalue weighted by Gasteiger charge is -2.36. The van der Waals surface area contributed by atoms with Gasteiger partial charge in [0.2, 0.25) is 11.8 Å². The van der Waals surface area contributed by atoms with Crippen LogP contribution in [-0.4, -0.2) is 55.5 Å². The molecule has 2 heterocycles. The van der Waals surface area contributed by atoms with Crippen LogP contribution in [-0.2, 0) is 9.59 Å². The molecule has 2 atom stereocenters. The van der Waals surface area contributed by atoms with Gasteiger partial charge in [-0.1, -0.05) is 6.07 Å². The van der Waals surface area contributed by atoms with Gasteiger partial charge in [0.1, 0.15) is 0 Å². The number of hydrogen-bond donors (Lipinski definition) is 2. The number of hydrogen-bond acceptors (Lipinski definition) is 4. The van der Waals surface area contributed by atoms with E-state index in [4.69, 9.17) is 0 Å². The highest BCUT2D eigenvalue weighted by molar-refractivity contribution is 5.98. The highest BCUT2D eigenvalue weighted by Crippen LogP contribution is 2.24. The number of likely N-dealkylation sites (tertiary alicyclic amines) is 1. The molecule has 0 spiro atoms. The van der Waals surface area contributed by atoms with Crippen molar-refractivity contribution in [2.75, 3.05) is 36.9 Å². The topological polar surface area (TPSA) is 64.7 Å². The fourth-order valence-corrected chi connectivity index (χ4v) is 3.68. The average molecular weight is 381 g/mol. The molecule has 0 aliphatic carbocycles. The van der Waals surface area contributed by atoms with Crippen molar-refractivity contribution in [2.45, 2.75) is 44.7 Å². The molecule has 2 aliphatic heterocycles. The zero-order valence-corrected chi connectivity index (χ0v) is 16.3. The van der Waals surface area contributed by atoms with Crippen LogP contribution in [0.4, 0.5) is 11.4 Å². The number of nitrogens with zero attached hydrogens (tertiary/aromatic N) is 2. The molecule has 2 fully saturated rings. The van der Waals surface area contributed by atoms with Gasteiger partial charge in [-0.3, -0.25) is 14.5 Å². The summed E-state index contributed by atoms with van der Waals surface area (Å²) in [7, 11) is 1.98. The minimum Gasteiger partial charge on any atom is -0.325 e. The largest absolute Gasteiger partial charge is 0.325 e. The first-order valence-electron chi connectivity index (χ1n) is 9.21. The summed E-state index contributed by atoms with van der Waals surface area (Å²) in [4.78, 5) is 28.6. The molecule has 0 radical (unpaired) electrons. The maximum Gasteiger partial charge on any atom is 0.241 e. The van der Waals surface area contributed by atoms with Gasteiger partial charge in [-0.05, 0) is 58.0 Å². The fraction of sp³-hybridized carbons (Fsp3) is 0.579. The summed E-state index contributed by atoms with van der Waals surface area (Å²) < 4.78 is 0. The quantitative estimate of drug-likeness (QED) is 0.822. The summed E-state index contributed by atoms with van der Waals surface area (Å²) in [5, 5.41) is 6.32. The third kappa shape index (κ3) is 4.75. The molecule has 1 aromatic rings. The first-order chi connectivity index (χ1) is 12.1. The van der Waals surface area contributed by atoms with Crippen LogP contribution < -0.4 is 15.5 Å². The minimum absolute atomic E-state index is 0. The van der Waals surface area contributed by atoms with Crippen molar-refractivity contribution < 1.29 is 9.59 Å². The number of amides is 2. The van der Waals surface area contributed by atoms with E-state index in [-0.39, 0.29) is 30.3 Å². The monoisotopic (exact) mass is 380 g/mol. The molecular weight excluding hydrogens is 352 g/mol. The van der Waals surface area contributed by atoms with Gasteiger partial charge in [-0.15, -0.1) is 12.4 Å². The lowest BCUT2D eigenvalue weighted by Crippen LogP contribution is -2.51. The predicted octanol–water partition coefficient (Wildman–Crippen LogP) is 2.25. The molecule has 2 aliphatic rings. The summed E-state index contributed by atoms with van der Waals surface area (Å²) in [6.07, 6.45) is 3.77. The van der Waals surface area contributed by atoms with E-state index in [0.717, 1.165) is 50.3 Å². The van der Waals surface area contributed by atoms with Crippen LogP contribution in [0.5, 0.6) is 0 Å². The van der Waals surface area contributed by atoms with E-state index in [1.165, 1.54) is 0 Å². The summed E-state index contributed by atoms with van der Waals surface area (Å²) in [5.41, 5.74) is 1.61. The molecule has 7 heteroatoms. The Kier molecular flexibility index (Phi) is 7.43. The van der Waals surface area contributed by atoms with Gasteiger partial charge >= 0.3 is 0 Å². The molecule has 6 nitrogen and oxygen atoms in total. The number of rotatable bonds is 5. The molecule has 1 aromatic carbocycles. The highest BCUT2D eigenvalue weighted by Gasteiger charge is 2.27. The number of likely N-dealkylation sites (N-methyl/N-ethyl adjacent to an activating group) is 1. The zero-order chi connectivity index (χ0) is 17.8. The van der Waals surface area contributed by atoms with Crippen molar-refractivity contribution in [2.24, 2.45) is 0 Å². The van der Waals surface area contributed by atoms with Crippen molar-refractivity contribution in [3.63, 3.8) is 0 Å². The predicted molar refractivity (Wildman–Crippen MR) is 107 cm³/mol. The molecule has 2 N–H and O–H groups in total. The molecule has 0 aromatic heterocycles. The highest BCUT2D eigenvalue weighted by atomic mass is 35.5. The van der Waals surface area contributed by atoms with E-state index in [2.05, 4.69) is 15.5 Å². The number of piperidine rings is 1. The number of benzene rings is 1. The first kappa shape index (κ1) is 20.7. The maximum absolute atomic E-state index is 12.6. The van der Waals surface area contributed by atoms with E-state index < -0.39 is 0 Å². The van der Waals surface area contributed by atoms with Crippen molar-refractivity contribution in [3.8, 4) is 0 Å². The van der Waals surface area contributed by atoms with Crippen LogP contribution in [0, 0.1) is 0 Å². The van der Waals surface area contributed by atoms with Crippen LogP contribution >= 0.6 is 12.4 Å². The normalized spacial score (nSPS) is 22.0. The Bertz CT molecular complexity index is 640. The first-order valence-corrected chi connectivity index (χ1v) is 9.21. The smallest absolute Gasteiger partial charge is 0.241 e. The summed E-state index contributed by atoms with van der Waals surface area (Å²) >= 11 is 0. The van der Waals surface area contributed by atoms with E-state index >= 15 is 0 Å². The van der Waals surface area contributed by atoms with Crippen molar-refractivity contribution in [1.82, 2.24) is 10.2 Å². The second-order valence-corrected chi connectivity index (χ2v) is 6.99. The third-order valence-electron chi connectivity index (χ3n) is 5.29. The molecule has 2 unspecified atom stereocenters. The summed E-state index contributed by atoms with van der Waals surface area (Å²) in [5.74, 6) is 0.157. The second kappa shape index (κ2) is 9.35. The van der Waals surface area contributed by atoms with Gasteiger partial charge in [0.25, 0.3) is 0 Å². The van der Waals surface area contributed by atoms with Crippen molar-refractivity contribution in [1.29, 1.82) is 0 Å². The van der Waals surface area contributed by atoms with Crippen LogP contribution in [0.3, 0.4) is 0 Å². The fourth-order valence-electron chi connectivity index (χ4n) is 3.68. The molecule has 26 heavy (non-hydrogen) atoms. The average Bonchev–Trinajstić information content (AvgIpc) is 3.07. The van der Waals surface area contributed by atoms with E-state index in [1.54, 1.807) is 4.90 Å². The Morgan fingerprint density at radius 2 is 2.08 bits per heavy atom. The van der Waals surface area contributed by atoms with Gasteiger partial charge < -0.3 is 15.5 Å². The minimum atomic E-state index is -0.173. The van der Waals surface area contributed by atoms with Crippen molar-refractivity contribution >= 4 is 35.6 Å².